The van der Waals surface area contributed by atoms with Gasteiger partial charge in [0, 0.05) is 22.8 Å². The third-order valence-electron chi connectivity index (χ3n) is 5.10. The molecule has 0 atom stereocenters. The fourth-order valence-electron chi connectivity index (χ4n) is 3.39. The van der Waals surface area contributed by atoms with Gasteiger partial charge >= 0.3 is 10.4 Å². The van der Waals surface area contributed by atoms with Gasteiger partial charge in [-0.05, 0) is 53.4 Å². The zero-order chi connectivity index (χ0) is 29.3. The molecular weight excluding hydrogens is 614 g/mol. The Morgan fingerprint density at radius 1 is 0.800 bits per heavy atom. The summed E-state index contributed by atoms with van der Waals surface area (Å²) in [6.07, 6.45) is 0. The van der Waals surface area contributed by atoms with E-state index in [9.17, 15) is 34.9 Å². The van der Waals surface area contributed by atoms with Crippen molar-refractivity contribution < 1.29 is 43.6 Å². The quantitative estimate of drug-likeness (QED) is 0.158. The van der Waals surface area contributed by atoms with Gasteiger partial charge in [-0.25, -0.2) is 12.6 Å². The molecule has 0 aliphatic carbocycles. The Labute approximate surface area is 232 Å². The van der Waals surface area contributed by atoms with Crippen LogP contribution < -0.4 is 10.6 Å². The van der Waals surface area contributed by atoms with Crippen LogP contribution in [0.3, 0.4) is 0 Å². The van der Waals surface area contributed by atoms with Crippen molar-refractivity contribution in [1.29, 1.82) is 0 Å². The summed E-state index contributed by atoms with van der Waals surface area (Å²) in [6, 6.07) is 12.0. The van der Waals surface area contributed by atoms with E-state index in [-0.39, 0.29) is 33.1 Å². The summed E-state index contributed by atoms with van der Waals surface area (Å²) >= 11 is 6.02. The maximum Gasteiger partial charge on any atom is 0.397 e. The van der Waals surface area contributed by atoms with E-state index in [2.05, 4.69) is 29.8 Å². The topological polar surface area (TPSA) is 235 Å². The van der Waals surface area contributed by atoms with E-state index in [4.69, 9.17) is 16.2 Å². The Bertz CT molecular complexity index is 1940. The summed E-state index contributed by atoms with van der Waals surface area (Å²) in [5.74, 6) is -1.24. The number of nitrogens with one attached hydrogen (secondary N) is 2. The number of anilines is 4. The standard InChI is InChI=1S/C21H18ClN5O10S3/c22-19-25-20(23-13-2-1-3-15(9-13)38(29,30)7-6-37-40(34,35)36)27-21(26-19)24-14-5-4-12-8-16(39(31,32)33)11-18(28)17(12)10-14/h1-5,8-11,28H,6-7H2,(H,31,32,33)(H,34,35,36)(H2,23,24,25,26,27). The van der Waals surface area contributed by atoms with Crippen molar-refractivity contribution in [1.82, 2.24) is 15.0 Å². The van der Waals surface area contributed by atoms with E-state index in [0.717, 1.165) is 6.07 Å². The molecule has 4 aromatic rings. The number of halogens is 1. The number of nitrogens with zero attached hydrogens (tertiary/aromatic N) is 3. The minimum Gasteiger partial charge on any atom is -0.507 e. The van der Waals surface area contributed by atoms with Crippen LogP contribution in [0.15, 0.2) is 64.4 Å². The first-order valence-electron chi connectivity index (χ1n) is 10.7. The first kappa shape index (κ1) is 29.3. The van der Waals surface area contributed by atoms with E-state index in [1.807, 2.05) is 0 Å². The molecule has 4 rings (SSSR count). The molecule has 0 aliphatic heterocycles. The van der Waals surface area contributed by atoms with Crippen LogP contribution in [0.1, 0.15) is 0 Å². The SMILES string of the molecule is O=S(=O)(O)OCCS(=O)(=O)c1cccc(Nc2nc(Cl)nc(Nc3ccc4cc(S(=O)(=O)O)cc(O)c4c3)n2)c1. The predicted molar refractivity (Wildman–Crippen MR) is 143 cm³/mol. The van der Waals surface area contributed by atoms with Crippen LogP contribution in [-0.2, 0) is 34.5 Å². The van der Waals surface area contributed by atoms with Crippen LogP contribution in [0.25, 0.3) is 10.8 Å². The number of aromatic nitrogens is 3. The Kier molecular flexibility index (Phi) is 8.13. The zero-order valence-electron chi connectivity index (χ0n) is 19.8. The largest absolute Gasteiger partial charge is 0.507 e. The van der Waals surface area contributed by atoms with Gasteiger partial charge in [0.2, 0.25) is 17.2 Å². The predicted octanol–water partition coefficient (Wildman–Crippen LogP) is 2.71. The number of phenolic OH excluding ortho intramolecular Hbond substituents is 1. The highest BCUT2D eigenvalue weighted by Gasteiger charge is 2.18. The Morgan fingerprint density at radius 2 is 1.45 bits per heavy atom. The molecule has 0 saturated carbocycles. The molecule has 0 fully saturated rings. The van der Waals surface area contributed by atoms with Crippen molar-refractivity contribution in [3.8, 4) is 5.75 Å². The molecule has 0 bridgehead atoms. The van der Waals surface area contributed by atoms with Gasteiger partial charge in [0.05, 0.1) is 22.2 Å². The van der Waals surface area contributed by atoms with Gasteiger partial charge in [0.15, 0.2) is 9.84 Å². The van der Waals surface area contributed by atoms with Crippen molar-refractivity contribution in [3.63, 3.8) is 0 Å². The third-order valence-corrected chi connectivity index (χ3v) is 8.24. The summed E-state index contributed by atoms with van der Waals surface area (Å²) in [6.45, 7) is -0.787. The van der Waals surface area contributed by atoms with Crippen molar-refractivity contribution >= 4 is 76.0 Å². The number of aromatic hydroxyl groups is 1. The molecule has 0 radical (unpaired) electrons. The lowest BCUT2D eigenvalue weighted by atomic mass is 10.1. The summed E-state index contributed by atoms with van der Waals surface area (Å²) in [7, 11) is -13.3. The monoisotopic (exact) mass is 631 g/mol. The third kappa shape index (κ3) is 7.50. The average Bonchev–Trinajstić information content (AvgIpc) is 2.82. The smallest absolute Gasteiger partial charge is 0.397 e. The van der Waals surface area contributed by atoms with E-state index >= 15 is 0 Å². The van der Waals surface area contributed by atoms with Crippen molar-refractivity contribution in [3.05, 3.63) is 59.9 Å². The molecule has 15 nitrogen and oxygen atoms in total. The van der Waals surface area contributed by atoms with Gasteiger partial charge in [0.1, 0.15) is 5.75 Å². The van der Waals surface area contributed by atoms with Crippen LogP contribution in [0.5, 0.6) is 5.75 Å². The summed E-state index contributed by atoms with van der Waals surface area (Å²) in [5, 5.41) is 16.3. The van der Waals surface area contributed by atoms with Gasteiger partial charge in [-0.2, -0.15) is 31.8 Å². The second-order valence-electron chi connectivity index (χ2n) is 7.95. The molecule has 1 aromatic heterocycles. The number of sulfone groups is 1. The number of phenols is 1. The highest BCUT2D eigenvalue weighted by atomic mass is 35.5. The highest BCUT2D eigenvalue weighted by molar-refractivity contribution is 7.91. The lowest BCUT2D eigenvalue weighted by Gasteiger charge is -2.11. The molecule has 0 aliphatic rings. The molecule has 0 saturated heterocycles. The minimum atomic E-state index is -4.79. The Balaban J connectivity index is 1.55. The van der Waals surface area contributed by atoms with Gasteiger partial charge in [-0.3, -0.25) is 9.11 Å². The molecule has 0 spiro atoms. The van der Waals surface area contributed by atoms with Gasteiger partial charge < -0.3 is 15.7 Å². The Hall–Kier alpha value is -3.65. The van der Waals surface area contributed by atoms with Crippen molar-refractivity contribution in [2.45, 2.75) is 9.79 Å². The summed E-state index contributed by atoms with van der Waals surface area (Å²) < 4.78 is 91.0. The minimum absolute atomic E-state index is 0.0398. The van der Waals surface area contributed by atoms with E-state index in [1.54, 1.807) is 0 Å². The van der Waals surface area contributed by atoms with Crippen LogP contribution in [-0.4, -0.2) is 66.8 Å². The lowest BCUT2D eigenvalue weighted by molar-refractivity contribution is 0.284. The number of rotatable bonds is 10. The molecular formula is C21H18ClN5O10S3. The van der Waals surface area contributed by atoms with E-state index < -0.39 is 53.4 Å². The summed E-state index contributed by atoms with van der Waals surface area (Å²) in [5.41, 5.74) is 0.603. The first-order chi connectivity index (χ1) is 18.6. The molecule has 1 heterocycles. The molecule has 0 unspecified atom stereocenters. The summed E-state index contributed by atoms with van der Waals surface area (Å²) in [4.78, 5) is 11.4. The van der Waals surface area contributed by atoms with Gasteiger partial charge in [-0.1, -0.05) is 12.1 Å². The van der Waals surface area contributed by atoms with Crippen LogP contribution in [0, 0.1) is 0 Å². The van der Waals surface area contributed by atoms with Gasteiger partial charge in [0.25, 0.3) is 10.1 Å². The lowest BCUT2D eigenvalue weighted by Crippen LogP contribution is -2.15. The molecule has 3 aromatic carbocycles. The number of hydrogen-bond acceptors (Lipinski definition) is 13. The molecule has 5 N–H and O–H groups in total. The van der Waals surface area contributed by atoms with Crippen LogP contribution >= 0.6 is 11.6 Å². The second-order valence-corrected chi connectivity index (χ2v) is 12.9. The maximum absolute atomic E-state index is 12.5. The van der Waals surface area contributed by atoms with Gasteiger partial charge in [-0.15, -0.1) is 0 Å². The van der Waals surface area contributed by atoms with Crippen molar-refractivity contribution in [2.24, 2.45) is 0 Å². The highest BCUT2D eigenvalue weighted by Crippen LogP contribution is 2.31. The molecule has 19 heteroatoms. The number of benzene rings is 3. The molecule has 0 amide bonds. The normalized spacial score (nSPS) is 12.4. The zero-order valence-corrected chi connectivity index (χ0v) is 23.0. The van der Waals surface area contributed by atoms with Crippen LogP contribution in [0.4, 0.5) is 23.3 Å². The average molecular weight is 632 g/mol. The first-order valence-corrected chi connectivity index (χ1v) is 15.6. The molecule has 40 heavy (non-hydrogen) atoms. The fourth-order valence-corrected chi connectivity index (χ4v) is 5.62. The fraction of sp³-hybridized carbons (Fsp3) is 0.0952. The number of hydrogen-bond donors (Lipinski definition) is 5. The second kappa shape index (κ2) is 11.1. The van der Waals surface area contributed by atoms with Crippen LogP contribution in [0.2, 0.25) is 5.28 Å². The molecule has 212 valence electrons. The maximum atomic E-state index is 12.5. The van der Waals surface area contributed by atoms with Crippen molar-refractivity contribution in [2.75, 3.05) is 23.0 Å². The Morgan fingerprint density at radius 3 is 2.08 bits per heavy atom. The van der Waals surface area contributed by atoms with E-state index in [1.165, 1.54) is 48.5 Å². The number of fused-ring (bicyclic) bond motifs is 1. The van der Waals surface area contributed by atoms with E-state index in [0.29, 0.717) is 11.1 Å².